The number of nitrogens with zero attached hydrogens (tertiary/aromatic N) is 6. The summed E-state index contributed by atoms with van der Waals surface area (Å²) in [7, 11) is 1.95. The number of carbonyl (C=O) groups excluding carboxylic acids is 1. The molecule has 4 rings (SSSR count). The number of benzene rings is 1. The molecule has 1 atom stereocenters. The van der Waals surface area contributed by atoms with E-state index in [2.05, 4.69) is 25.1 Å². The van der Waals surface area contributed by atoms with Gasteiger partial charge in [0.05, 0.1) is 30.5 Å². The Morgan fingerprint density at radius 3 is 3.04 bits per heavy atom. The quantitative estimate of drug-likeness (QED) is 0.751. The van der Waals surface area contributed by atoms with Crippen molar-refractivity contribution < 1.29 is 4.79 Å². The number of nitrogens with one attached hydrogen (secondary N) is 1. The monoisotopic (exact) mass is 339 g/mol. The highest BCUT2D eigenvalue weighted by Gasteiger charge is 2.30. The minimum atomic E-state index is -0.207. The highest BCUT2D eigenvalue weighted by Crippen LogP contribution is 2.16. The predicted octanol–water partition coefficient (Wildman–Crippen LogP) is 0.567. The number of para-hydroxylation sites is 2. The number of carbonyl (C=O) groups is 1. The van der Waals surface area contributed by atoms with Crippen LogP contribution in [-0.2, 0) is 24.4 Å². The van der Waals surface area contributed by atoms with Crippen LogP contribution in [0.15, 0.2) is 30.6 Å². The molecule has 3 aromatic rings. The average molecular weight is 339 g/mol. The number of aromatic nitrogens is 5. The summed E-state index contributed by atoms with van der Waals surface area (Å²) >= 11 is 0. The summed E-state index contributed by atoms with van der Waals surface area (Å²) in [6.07, 6.45) is 1.82. The molecule has 1 unspecified atom stereocenters. The van der Waals surface area contributed by atoms with E-state index in [0.29, 0.717) is 26.2 Å². The van der Waals surface area contributed by atoms with E-state index in [9.17, 15) is 4.79 Å². The van der Waals surface area contributed by atoms with Gasteiger partial charge < -0.3 is 14.5 Å². The molecule has 0 saturated heterocycles. The van der Waals surface area contributed by atoms with Gasteiger partial charge in [-0.2, -0.15) is 0 Å². The van der Waals surface area contributed by atoms with Crippen LogP contribution in [0.1, 0.15) is 11.6 Å². The molecule has 0 bridgehead atoms. The molecule has 0 aliphatic carbocycles. The second-order valence-electron chi connectivity index (χ2n) is 6.42. The lowest BCUT2D eigenvalue weighted by Crippen LogP contribution is -2.50. The van der Waals surface area contributed by atoms with E-state index in [1.807, 2.05) is 54.0 Å². The van der Waals surface area contributed by atoms with Crippen molar-refractivity contribution in [2.24, 2.45) is 0 Å². The highest BCUT2D eigenvalue weighted by atomic mass is 16.2. The van der Waals surface area contributed by atoms with Crippen molar-refractivity contribution in [1.82, 2.24) is 34.5 Å². The zero-order chi connectivity index (χ0) is 17.4. The summed E-state index contributed by atoms with van der Waals surface area (Å²) in [6, 6.07) is 7.79. The Morgan fingerprint density at radius 2 is 2.16 bits per heavy atom. The summed E-state index contributed by atoms with van der Waals surface area (Å²) in [6.45, 7) is 4.40. The normalized spacial score (nSPS) is 17.6. The molecule has 8 nitrogen and oxygen atoms in total. The van der Waals surface area contributed by atoms with Crippen molar-refractivity contribution in [3.63, 3.8) is 0 Å². The molecule has 2 aromatic heterocycles. The Kier molecular flexibility index (Phi) is 3.96. The Bertz CT molecular complexity index is 913. The second kappa shape index (κ2) is 6.29. The third kappa shape index (κ3) is 2.89. The van der Waals surface area contributed by atoms with Gasteiger partial charge in [-0.05, 0) is 26.1 Å². The average Bonchev–Trinajstić information content (AvgIpc) is 3.18. The van der Waals surface area contributed by atoms with E-state index in [-0.39, 0.29) is 11.9 Å². The van der Waals surface area contributed by atoms with Gasteiger partial charge in [0.1, 0.15) is 17.7 Å². The topological polar surface area (TPSA) is 80.9 Å². The molecule has 1 aromatic carbocycles. The Morgan fingerprint density at radius 1 is 1.32 bits per heavy atom. The van der Waals surface area contributed by atoms with Gasteiger partial charge in [0.2, 0.25) is 5.91 Å². The molecular weight excluding hydrogens is 318 g/mol. The van der Waals surface area contributed by atoms with Gasteiger partial charge in [0.15, 0.2) is 0 Å². The van der Waals surface area contributed by atoms with Crippen LogP contribution in [0.3, 0.4) is 0 Å². The lowest BCUT2D eigenvalue weighted by atomic mass is 10.2. The molecule has 8 heteroatoms. The zero-order valence-corrected chi connectivity index (χ0v) is 14.4. The van der Waals surface area contributed by atoms with Crippen molar-refractivity contribution >= 4 is 16.9 Å². The maximum atomic E-state index is 12.6. The molecule has 0 fully saturated rings. The van der Waals surface area contributed by atoms with Crippen LogP contribution >= 0.6 is 0 Å². The first-order chi connectivity index (χ1) is 12.1. The maximum absolute atomic E-state index is 12.6. The van der Waals surface area contributed by atoms with E-state index in [1.165, 1.54) is 0 Å². The lowest BCUT2D eigenvalue weighted by Gasteiger charge is -2.32. The van der Waals surface area contributed by atoms with Crippen LogP contribution in [0, 0.1) is 6.92 Å². The molecule has 0 spiro atoms. The third-order valence-electron chi connectivity index (χ3n) is 4.77. The van der Waals surface area contributed by atoms with Crippen LogP contribution in [0.25, 0.3) is 11.0 Å². The molecular formula is C17H21N7O. The van der Waals surface area contributed by atoms with E-state index in [1.54, 1.807) is 0 Å². The lowest BCUT2D eigenvalue weighted by molar-refractivity contribution is -0.127. The number of rotatable bonds is 4. The van der Waals surface area contributed by atoms with Gasteiger partial charge in [-0.15, -0.1) is 10.2 Å². The summed E-state index contributed by atoms with van der Waals surface area (Å²) < 4.78 is 4.08. The first kappa shape index (κ1) is 15.8. The van der Waals surface area contributed by atoms with Crippen LogP contribution in [0.4, 0.5) is 0 Å². The molecule has 130 valence electrons. The Balaban J connectivity index is 1.38. The number of imidazole rings is 1. The number of likely N-dealkylation sites (N-methyl/N-ethyl adjacent to an activating group) is 1. The first-order valence-electron chi connectivity index (χ1n) is 8.40. The fraction of sp³-hybridized carbons (Fsp3) is 0.412. The van der Waals surface area contributed by atoms with Gasteiger partial charge >= 0.3 is 0 Å². The maximum Gasteiger partial charge on any atom is 0.239 e. The summed E-state index contributed by atoms with van der Waals surface area (Å²) in [5.41, 5.74) is 2.05. The molecule has 0 radical (unpaired) electrons. The fourth-order valence-corrected chi connectivity index (χ4v) is 3.31. The minimum Gasteiger partial charge on any atom is -0.353 e. The zero-order valence-electron chi connectivity index (χ0n) is 14.4. The number of hydrogen-bond acceptors (Lipinski definition) is 5. The van der Waals surface area contributed by atoms with Gasteiger partial charge in [-0.1, -0.05) is 12.1 Å². The van der Waals surface area contributed by atoms with Crippen molar-refractivity contribution in [3.8, 4) is 0 Å². The second-order valence-corrected chi connectivity index (χ2v) is 6.42. The summed E-state index contributed by atoms with van der Waals surface area (Å²) in [5, 5.41) is 11.3. The van der Waals surface area contributed by atoms with Gasteiger partial charge in [-0.3, -0.25) is 9.69 Å². The van der Waals surface area contributed by atoms with E-state index >= 15 is 0 Å². The molecule has 1 amide bonds. The van der Waals surface area contributed by atoms with Crippen molar-refractivity contribution in [1.29, 1.82) is 0 Å². The Labute approximate surface area is 145 Å². The Hall–Kier alpha value is -2.74. The number of hydrogen-bond donors (Lipinski definition) is 1. The van der Waals surface area contributed by atoms with Gasteiger partial charge in [0, 0.05) is 13.1 Å². The van der Waals surface area contributed by atoms with E-state index in [0.717, 1.165) is 22.7 Å². The molecule has 1 aliphatic rings. The summed E-state index contributed by atoms with van der Waals surface area (Å²) in [4.78, 5) is 19.0. The van der Waals surface area contributed by atoms with Crippen LogP contribution < -0.4 is 5.32 Å². The smallest absolute Gasteiger partial charge is 0.239 e. The molecule has 1 N–H and O–H groups in total. The van der Waals surface area contributed by atoms with E-state index < -0.39 is 0 Å². The number of fused-ring (bicyclic) bond motifs is 2. The first-order valence-corrected chi connectivity index (χ1v) is 8.40. The number of amides is 1. The SMILES string of the molecule is Cc1nnc2n1CC(C(=O)NCCn1cnc3ccccc31)N(C)C2. The third-order valence-corrected chi connectivity index (χ3v) is 4.77. The largest absolute Gasteiger partial charge is 0.353 e. The van der Waals surface area contributed by atoms with Gasteiger partial charge in [-0.25, -0.2) is 4.98 Å². The van der Waals surface area contributed by atoms with Crippen LogP contribution in [0.2, 0.25) is 0 Å². The predicted molar refractivity (Wildman–Crippen MR) is 92.8 cm³/mol. The number of aryl methyl sites for hydroxylation is 1. The molecule has 0 saturated carbocycles. The van der Waals surface area contributed by atoms with Crippen molar-refractivity contribution in [2.75, 3.05) is 13.6 Å². The summed E-state index contributed by atoms with van der Waals surface area (Å²) in [5.74, 6) is 1.80. The van der Waals surface area contributed by atoms with Crippen LogP contribution in [-0.4, -0.2) is 54.8 Å². The van der Waals surface area contributed by atoms with Crippen molar-refractivity contribution in [2.45, 2.75) is 32.6 Å². The van der Waals surface area contributed by atoms with Crippen LogP contribution in [0.5, 0.6) is 0 Å². The molecule has 1 aliphatic heterocycles. The van der Waals surface area contributed by atoms with E-state index in [4.69, 9.17) is 0 Å². The van der Waals surface area contributed by atoms with Crippen molar-refractivity contribution in [3.05, 3.63) is 42.2 Å². The molecule has 25 heavy (non-hydrogen) atoms. The molecule has 3 heterocycles. The fourth-order valence-electron chi connectivity index (χ4n) is 3.31. The standard InChI is InChI=1S/C17H21N7O/c1-12-20-21-16-10-22(2)15(9-24(12)16)17(25)18-7-8-23-11-19-13-5-3-4-6-14(13)23/h3-6,11,15H,7-10H2,1-2H3,(H,18,25). The minimum absolute atomic E-state index is 0.0330. The highest BCUT2D eigenvalue weighted by molar-refractivity contribution is 5.81. The van der Waals surface area contributed by atoms with Gasteiger partial charge in [0.25, 0.3) is 0 Å².